The number of esters is 2. The molecule has 4 N–H and O–H groups in total. The Labute approximate surface area is 373 Å². The normalized spacial score (nSPS) is 19.6. The molecule has 2 aromatic carbocycles. The van der Waals surface area contributed by atoms with Gasteiger partial charge in [0.2, 0.25) is 0 Å². The van der Waals surface area contributed by atoms with E-state index in [0.717, 1.165) is 69.8 Å². The van der Waals surface area contributed by atoms with E-state index in [2.05, 4.69) is 24.4 Å². The molecule has 2 unspecified atom stereocenters. The summed E-state index contributed by atoms with van der Waals surface area (Å²) < 4.78 is 55.0. The zero-order valence-corrected chi connectivity index (χ0v) is 35.0. The fourth-order valence-corrected chi connectivity index (χ4v) is 7.72. The second-order valence-corrected chi connectivity index (χ2v) is 16.3. The third-order valence-electron chi connectivity index (χ3n) is 10.4. The summed E-state index contributed by atoms with van der Waals surface area (Å²) in [6, 6.07) is 18.0. The number of hydrogen-bond acceptors (Lipinski definition) is 11. The van der Waals surface area contributed by atoms with Gasteiger partial charge in [-0.15, -0.1) is 0 Å². The summed E-state index contributed by atoms with van der Waals surface area (Å²) in [5.74, 6) is -2.20. The summed E-state index contributed by atoms with van der Waals surface area (Å²) in [7, 11) is -5.19. The predicted molar refractivity (Wildman–Crippen MR) is 227 cm³/mol. The van der Waals surface area contributed by atoms with Crippen molar-refractivity contribution in [3.63, 3.8) is 0 Å². The zero-order chi connectivity index (χ0) is 42.0. The first-order chi connectivity index (χ1) is 28.0. The SMILES string of the molecule is CCCCCCCCCCCCC(OC(=O)CCc1ccccc1)C(=O)N[C@H]1C(O)O[C@H](CO)[C@@H](OS(=O)(=O)O)[C@@H]1OC(=O)CCCCCCCCc1ccccc1.[NaH]. The zero-order valence-electron chi connectivity index (χ0n) is 34.2. The molecular formula is C44H68NNaO12S. The van der Waals surface area contributed by atoms with Gasteiger partial charge in [-0.1, -0.05) is 151 Å². The van der Waals surface area contributed by atoms with Gasteiger partial charge in [0, 0.05) is 12.8 Å². The molecule has 0 radical (unpaired) electrons. The molecule has 59 heavy (non-hydrogen) atoms. The monoisotopic (exact) mass is 857 g/mol. The number of amides is 1. The van der Waals surface area contributed by atoms with Gasteiger partial charge in [-0.25, -0.2) is 4.18 Å². The quantitative estimate of drug-likeness (QED) is 0.0290. The van der Waals surface area contributed by atoms with Crippen molar-refractivity contribution in [1.82, 2.24) is 5.32 Å². The molecule has 1 saturated heterocycles. The third kappa shape index (κ3) is 22.3. The molecule has 0 bridgehead atoms. The molecule has 15 heteroatoms. The van der Waals surface area contributed by atoms with E-state index in [-0.39, 0.29) is 48.8 Å². The Hall–Kier alpha value is -2.40. The molecule has 2 aromatic rings. The summed E-state index contributed by atoms with van der Waals surface area (Å²) in [5.41, 5.74) is 2.21. The van der Waals surface area contributed by atoms with Crippen molar-refractivity contribution in [3.8, 4) is 0 Å². The molecule has 6 atom stereocenters. The molecule has 1 aliphatic rings. The first-order valence-corrected chi connectivity index (χ1v) is 22.7. The Kier molecular flexibility index (Phi) is 27.4. The second kappa shape index (κ2) is 30.6. The fraction of sp³-hybridized carbons (Fsp3) is 0.659. The first-order valence-electron chi connectivity index (χ1n) is 21.4. The molecule has 3 rings (SSSR count). The molecule has 1 aliphatic heterocycles. The van der Waals surface area contributed by atoms with Gasteiger partial charge in [0.1, 0.15) is 18.2 Å². The van der Waals surface area contributed by atoms with Gasteiger partial charge in [-0.05, 0) is 49.7 Å². The van der Waals surface area contributed by atoms with Gasteiger partial charge < -0.3 is 29.7 Å². The number of benzene rings is 2. The number of nitrogens with one attached hydrogen (secondary N) is 1. The van der Waals surface area contributed by atoms with Gasteiger partial charge in [0.15, 0.2) is 18.5 Å². The molecule has 1 heterocycles. The van der Waals surface area contributed by atoms with Crippen molar-refractivity contribution in [3.05, 3.63) is 71.8 Å². The summed E-state index contributed by atoms with van der Waals surface area (Å²) in [6.07, 6.45) is 8.95. The van der Waals surface area contributed by atoms with E-state index >= 15 is 0 Å². The van der Waals surface area contributed by atoms with E-state index in [1.165, 1.54) is 37.7 Å². The van der Waals surface area contributed by atoms with Crippen molar-refractivity contribution in [2.45, 2.75) is 179 Å². The fourth-order valence-electron chi connectivity index (χ4n) is 7.20. The Morgan fingerprint density at radius 1 is 0.712 bits per heavy atom. The molecule has 0 aromatic heterocycles. The number of aryl methyl sites for hydroxylation is 2. The summed E-state index contributed by atoms with van der Waals surface area (Å²) in [6.45, 7) is 1.31. The van der Waals surface area contributed by atoms with Gasteiger partial charge >= 0.3 is 51.9 Å². The van der Waals surface area contributed by atoms with Gasteiger partial charge in [0.05, 0.1) is 6.61 Å². The number of aliphatic hydroxyl groups is 2. The van der Waals surface area contributed by atoms with Gasteiger partial charge in [-0.3, -0.25) is 18.9 Å². The Bertz CT molecular complexity index is 1550. The first kappa shape index (κ1) is 52.7. The molecule has 0 aliphatic carbocycles. The molecular weight excluding hydrogens is 790 g/mol. The van der Waals surface area contributed by atoms with Crippen LogP contribution in [0.15, 0.2) is 60.7 Å². The Morgan fingerprint density at radius 3 is 1.80 bits per heavy atom. The number of carbonyl (C=O) groups excluding carboxylic acids is 3. The van der Waals surface area contributed by atoms with Crippen LogP contribution >= 0.6 is 0 Å². The minimum absolute atomic E-state index is 0. The van der Waals surface area contributed by atoms with E-state index in [4.69, 9.17) is 18.4 Å². The van der Waals surface area contributed by atoms with Crippen LogP contribution in [0.4, 0.5) is 0 Å². The van der Waals surface area contributed by atoms with Crippen LogP contribution in [0.3, 0.4) is 0 Å². The van der Waals surface area contributed by atoms with Crippen LogP contribution in [0.5, 0.6) is 0 Å². The van der Waals surface area contributed by atoms with Crippen molar-refractivity contribution in [2.24, 2.45) is 0 Å². The van der Waals surface area contributed by atoms with Crippen LogP contribution in [0, 0.1) is 0 Å². The molecule has 13 nitrogen and oxygen atoms in total. The summed E-state index contributed by atoms with van der Waals surface area (Å²) >= 11 is 0. The number of hydrogen-bond donors (Lipinski definition) is 4. The number of ether oxygens (including phenoxy) is 3. The molecule has 1 fully saturated rings. The average molecular weight is 858 g/mol. The van der Waals surface area contributed by atoms with Crippen molar-refractivity contribution in [1.29, 1.82) is 0 Å². The van der Waals surface area contributed by atoms with Crippen LogP contribution < -0.4 is 5.32 Å². The summed E-state index contributed by atoms with van der Waals surface area (Å²) in [5, 5.41) is 23.6. The van der Waals surface area contributed by atoms with Crippen molar-refractivity contribution in [2.75, 3.05) is 6.61 Å². The number of aliphatic hydroxyl groups excluding tert-OH is 2. The molecule has 1 amide bonds. The van der Waals surface area contributed by atoms with E-state index in [0.29, 0.717) is 19.3 Å². The average Bonchev–Trinajstić information content (AvgIpc) is 3.20. The van der Waals surface area contributed by atoms with Gasteiger partial charge in [-0.2, -0.15) is 8.42 Å². The number of carbonyl (C=O) groups is 3. The molecule has 0 saturated carbocycles. The van der Waals surface area contributed by atoms with E-state index < -0.39 is 71.6 Å². The van der Waals surface area contributed by atoms with Crippen molar-refractivity contribution >= 4 is 57.8 Å². The molecule has 328 valence electrons. The third-order valence-corrected chi connectivity index (χ3v) is 10.9. The Balaban J connectivity index is 0.0000120. The topological polar surface area (TPSA) is 195 Å². The molecule has 0 spiro atoms. The van der Waals surface area contributed by atoms with Crippen LogP contribution in [0.25, 0.3) is 0 Å². The standard InChI is InChI=1S/C44H67NO12S.Na.H/c1-2-3-4-5-6-7-8-9-13-22-29-36(54-39(48)32-31-35-27-20-16-21-28-35)43(49)45-40-42(41(57-58(51,52)53)37(33-46)55-44(40)50)56-38(47)30-23-14-11-10-12-17-24-34-25-18-15-19-26-34;;/h15-16,18-21,25-28,36-37,40-42,44,46,50H,2-14,17,22-24,29-33H2,1H3,(H,45,49)(H,51,52,53);;/t36?,37-,40-,41-,42-,44?;;/m1../s1. The second-order valence-electron chi connectivity index (χ2n) is 15.3. The number of unbranched alkanes of at least 4 members (excludes halogenated alkanes) is 14. The minimum atomic E-state index is -5.19. The van der Waals surface area contributed by atoms with Crippen LogP contribution in [-0.4, -0.2) is 114 Å². The predicted octanol–water partition coefficient (Wildman–Crippen LogP) is 6.46. The van der Waals surface area contributed by atoms with Crippen LogP contribution in [0.1, 0.15) is 140 Å². The number of rotatable bonds is 30. The summed E-state index contributed by atoms with van der Waals surface area (Å²) in [4.78, 5) is 40.1. The van der Waals surface area contributed by atoms with E-state index in [9.17, 15) is 37.6 Å². The van der Waals surface area contributed by atoms with E-state index in [1.807, 2.05) is 48.5 Å². The Morgan fingerprint density at radius 2 is 1.24 bits per heavy atom. The van der Waals surface area contributed by atoms with Crippen molar-refractivity contribution < 1.29 is 56.0 Å². The van der Waals surface area contributed by atoms with Crippen LogP contribution in [0.2, 0.25) is 0 Å². The van der Waals surface area contributed by atoms with E-state index in [1.54, 1.807) is 0 Å². The maximum absolute atomic E-state index is 13.9. The maximum atomic E-state index is 13.9. The van der Waals surface area contributed by atoms with Gasteiger partial charge in [0.25, 0.3) is 5.91 Å². The van der Waals surface area contributed by atoms with Crippen LogP contribution in [-0.2, 0) is 56.0 Å².